The lowest BCUT2D eigenvalue weighted by Crippen LogP contribution is -2.01. The number of nitrogens with zero attached hydrogens (tertiary/aromatic N) is 1. The van der Waals surface area contributed by atoms with Crippen LogP contribution >= 0.6 is 15.9 Å². The summed E-state index contributed by atoms with van der Waals surface area (Å²) >= 11 is 3.30. The zero-order valence-electron chi connectivity index (χ0n) is 8.79. The Hall–Kier alpha value is -1.65. The molecule has 3 nitrogen and oxygen atoms in total. The van der Waals surface area contributed by atoms with Crippen molar-refractivity contribution in [1.82, 2.24) is 0 Å². The Kier molecular flexibility index (Phi) is 4.69. The van der Waals surface area contributed by atoms with Crippen molar-refractivity contribution in [3.05, 3.63) is 22.2 Å². The van der Waals surface area contributed by atoms with Crippen LogP contribution in [0.3, 0.4) is 0 Å². The standard InChI is InChI=1S/C12H10BrNO2/c1-3-5-16-12-9(8-14)6-10(13)7-11(12)15-4-2/h1,6-7H,4-5H2,2H3. The smallest absolute Gasteiger partial charge is 0.180 e. The average Bonchev–Trinajstić information content (AvgIpc) is 2.27. The molecule has 0 saturated carbocycles. The number of rotatable bonds is 4. The molecule has 0 spiro atoms. The van der Waals surface area contributed by atoms with Gasteiger partial charge in [-0.25, -0.2) is 0 Å². The number of benzene rings is 1. The Balaban J connectivity index is 3.18. The van der Waals surface area contributed by atoms with E-state index in [9.17, 15) is 0 Å². The van der Waals surface area contributed by atoms with Crippen LogP contribution < -0.4 is 9.47 Å². The summed E-state index contributed by atoms with van der Waals surface area (Å²) in [7, 11) is 0. The first kappa shape index (κ1) is 12.4. The van der Waals surface area contributed by atoms with Crippen LogP contribution in [0.4, 0.5) is 0 Å². The van der Waals surface area contributed by atoms with Crippen LogP contribution in [0.1, 0.15) is 12.5 Å². The van der Waals surface area contributed by atoms with Crippen molar-refractivity contribution < 1.29 is 9.47 Å². The fourth-order valence-electron chi connectivity index (χ4n) is 1.18. The molecular weight excluding hydrogens is 270 g/mol. The second-order valence-electron chi connectivity index (χ2n) is 2.82. The third kappa shape index (κ3) is 2.92. The Bertz CT molecular complexity index is 457. The summed E-state index contributed by atoms with van der Waals surface area (Å²) < 4.78 is 11.5. The van der Waals surface area contributed by atoms with Crippen LogP contribution in [0, 0.1) is 23.7 Å². The molecule has 16 heavy (non-hydrogen) atoms. The van der Waals surface area contributed by atoms with Crippen LogP contribution in [0.5, 0.6) is 11.5 Å². The van der Waals surface area contributed by atoms with Gasteiger partial charge in [0.2, 0.25) is 0 Å². The lowest BCUT2D eigenvalue weighted by molar-refractivity contribution is 0.298. The van der Waals surface area contributed by atoms with Crippen molar-refractivity contribution in [3.63, 3.8) is 0 Å². The fourth-order valence-corrected chi connectivity index (χ4v) is 1.61. The van der Waals surface area contributed by atoms with Gasteiger partial charge in [-0.15, -0.1) is 6.42 Å². The van der Waals surface area contributed by atoms with E-state index in [0.717, 1.165) is 4.47 Å². The quantitative estimate of drug-likeness (QED) is 0.796. The largest absolute Gasteiger partial charge is 0.490 e. The van der Waals surface area contributed by atoms with Crippen molar-refractivity contribution in [2.24, 2.45) is 0 Å². The predicted molar refractivity (Wildman–Crippen MR) is 64.4 cm³/mol. The van der Waals surface area contributed by atoms with Gasteiger partial charge >= 0.3 is 0 Å². The van der Waals surface area contributed by atoms with Gasteiger partial charge in [-0.05, 0) is 19.1 Å². The van der Waals surface area contributed by atoms with Gasteiger partial charge in [-0.1, -0.05) is 21.9 Å². The highest BCUT2D eigenvalue weighted by Crippen LogP contribution is 2.34. The maximum atomic E-state index is 8.98. The molecule has 0 saturated heterocycles. The minimum absolute atomic E-state index is 0.108. The molecule has 1 aromatic rings. The van der Waals surface area contributed by atoms with E-state index in [1.54, 1.807) is 12.1 Å². The summed E-state index contributed by atoms with van der Waals surface area (Å²) in [6.07, 6.45) is 5.11. The molecule has 0 amide bonds. The summed E-state index contributed by atoms with van der Waals surface area (Å²) in [6, 6.07) is 5.45. The van der Waals surface area contributed by atoms with Gasteiger partial charge in [0.15, 0.2) is 11.5 Å². The van der Waals surface area contributed by atoms with Crippen LogP contribution in [-0.4, -0.2) is 13.2 Å². The van der Waals surface area contributed by atoms with Gasteiger partial charge in [0.1, 0.15) is 12.7 Å². The Morgan fingerprint density at radius 3 is 2.75 bits per heavy atom. The second kappa shape index (κ2) is 6.05. The Labute approximate surface area is 103 Å². The molecule has 0 aliphatic rings. The van der Waals surface area contributed by atoms with Crippen molar-refractivity contribution in [1.29, 1.82) is 5.26 Å². The maximum Gasteiger partial charge on any atom is 0.180 e. The molecule has 0 atom stereocenters. The first-order chi connectivity index (χ1) is 7.72. The summed E-state index contributed by atoms with van der Waals surface area (Å²) in [6.45, 7) is 2.46. The monoisotopic (exact) mass is 279 g/mol. The molecule has 0 fully saturated rings. The average molecular weight is 280 g/mol. The van der Waals surface area contributed by atoms with Crippen molar-refractivity contribution in [2.75, 3.05) is 13.2 Å². The number of terminal acetylenes is 1. The number of nitriles is 1. The number of ether oxygens (including phenoxy) is 2. The summed E-state index contributed by atoms with van der Waals surface area (Å²) in [4.78, 5) is 0. The van der Waals surface area contributed by atoms with E-state index in [1.807, 2.05) is 13.0 Å². The van der Waals surface area contributed by atoms with Gasteiger partial charge in [0.25, 0.3) is 0 Å². The highest BCUT2D eigenvalue weighted by molar-refractivity contribution is 9.10. The van der Waals surface area contributed by atoms with E-state index in [4.69, 9.17) is 21.2 Å². The van der Waals surface area contributed by atoms with Crippen LogP contribution in [0.25, 0.3) is 0 Å². The van der Waals surface area contributed by atoms with Crippen LogP contribution in [0.2, 0.25) is 0 Å². The van der Waals surface area contributed by atoms with Crippen molar-refractivity contribution in [3.8, 4) is 29.9 Å². The van der Waals surface area contributed by atoms with Crippen LogP contribution in [0.15, 0.2) is 16.6 Å². The number of hydrogen-bond acceptors (Lipinski definition) is 3. The summed E-state index contributed by atoms with van der Waals surface area (Å²) in [5.74, 6) is 3.26. The molecule has 0 N–H and O–H groups in total. The van der Waals surface area contributed by atoms with E-state index in [0.29, 0.717) is 23.7 Å². The SMILES string of the molecule is C#CCOc1c(C#N)cc(Br)cc1OCC. The molecule has 0 aliphatic carbocycles. The third-order valence-electron chi connectivity index (χ3n) is 1.74. The van der Waals surface area contributed by atoms with Crippen LogP contribution in [-0.2, 0) is 0 Å². The highest BCUT2D eigenvalue weighted by atomic mass is 79.9. The number of halogens is 1. The van der Waals surface area contributed by atoms with E-state index >= 15 is 0 Å². The fraction of sp³-hybridized carbons (Fsp3) is 0.250. The summed E-state index contributed by atoms with van der Waals surface area (Å²) in [5, 5.41) is 8.98. The van der Waals surface area contributed by atoms with E-state index in [1.165, 1.54) is 0 Å². The topological polar surface area (TPSA) is 42.2 Å². The molecule has 0 unspecified atom stereocenters. The molecule has 0 aromatic heterocycles. The third-order valence-corrected chi connectivity index (χ3v) is 2.20. The van der Waals surface area contributed by atoms with Gasteiger partial charge in [0, 0.05) is 4.47 Å². The molecule has 1 aromatic carbocycles. The number of hydrogen-bond donors (Lipinski definition) is 0. The first-order valence-corrected chi connectivity index (χ1v) is 5.45. The zero-order valence-corrected chi connectivity index (χ0v) is 10.4. The molecule has 1 rings (SSSR count). The lowest BCUT2D eigenvalue weighted by Gasteiger charge is -2.12. The molecular formula is C12H10BrNO2. The second-order valence-corrected chi connectivity index (χ2v) is 3.73. The molecule has 0 radical (unpaired) electrons. The van der Waals surface area contributed by atoms with Crippen molar-refractivity contribution in [2.45, 2.75) is 6.92 Å². The highest BCUT2D eigenvalue weighted by Gasteiger charge is 2.12. The molecule has 82 valence electrons. The molecule has 0 heterocycles. The van der Waals surface area contributed by atoms with Gasteiger partial charge in [-0.2, -0.15) is 5.26 Å². The first-order valence-electron chi connectivity index (χ1n) is 4.65. The normalized spacial score (nSPS) is 9.00. The predicted octanol–water partition coefficient (Wildman–Crippen LogP) is 2.73. The van der Waals surface area contributed by atoms with E-state index in [2.05, 4.69) is 21.9 Å². The zero-order chi connectivity index (χ0) is 12.0. The molecule has 0 bridgehead atoms. The minimum Gasteiger partial charge on any atom is -0.490 e. The summed E-state index contributed by atoms with van der Waals surface area (Å²) in [5.41, 5.74) is 0.396. The lowest BCUT2D eigenvalue weighted by atomic mass is 10.2. The minimum atomic E-state index is 0.108. The molecule has 4 heteroatoms. The Morgan fingerprint density at radius 2 is 2.19 bits per heavy atom. The van der Waals surface area contributed by atoms with E-state index in [-0.39, 0.29) is 6.61 Å². The van der Waals surface area contributed by atoms with Gasteiger partial charge in [0.05, 0.1) is 12.2 Å². The van der Waals surface area contributed by atoms with Gasteiger partial charge in [-0.3, -0.25) is 0 Å². The van der Waals surface area contributed by atoms with Gasteiger partial charge < -0.3 is 9.47 Å². The molecule has 0 aliphatic heterocycles. The Morgan fingerprint density at radius 1 is 1.44 bits per heavy atom. The van der Waals surface area contributed by atoms with Crippen molar-refractivity contribution >= 4 is 15.9 Å². The van der Waals surface area contributed by atoms with E-state index < -0.39 is 0 Å². The maximum absolute atomic E-state index is 8.98.